The third-order valence-corrected chi connectivity index (χ3v) is 6.03. The van der Waals surface area contributed by atoms with Crippen LogP contribution in [-0.2, 0) is 24.8 Å². The minimum atomic E-state index is -3.02. The Morgan fingerprint density at radius 3 is 2.42 bits per heavy atom. The van der Waals surface area contributed by atoms with Gasteiger partial charge in [-0.25, -0.2) is 8.42 Å². The second kappa shape index (κ2) is 8.07. The Labute approximate surface area is 154 Å². The molecular weight excluding hydrogens is 356 g/mol. The van der Waals surface area contributed by atoms with E-state index in [1.807, 2.05) is 18.2 Å². The average molecular weight is 382 g/mol. The van der Waals surface area contributed by atoms with E-state index in [0.717, 1.165) is 5.56 Å². The quantitative estimate of drug-likeness (QED) is 0.748. The van der Waals surface area contributed by atoms with Gasteiger partial charge in [-0.05, 0) is 29.4 Å². The zero-order valence-electron chi connectivity index (χ0n) is 15.4. The summed E-state index contributed by atoms with van der Waals surface area (Å²) in [7, 11) is -3.02. The summed E-state index contributed by atoms with van der Waals surface area (Å²) in [5.74, 6) is -0.305. The van der Waals surface area contributed by atoms with Crippen LogP contribution in [0.2, 0.25) is 0 Å². The standard InChI is InChI=1S/C18H26N2O5S/c1-18(2,3)14-6-4-5-7-15(14)25-11-17(22)20-19-16(21)10-13-8-9-26(23,24)12-13/h4-7,13H,8-12H2,1-3H3,(H,19,21)(H,20,22). The molecule has 1 fully saturated rings. The van der Waals surface area contributed by atoms with Gasteiger partial charge in [0.15, 0.2) is 16.4 Å². The predicted octanol–water partition coefficient (Wildman–Crippen LogP) is 1.34. The number of hydrogen-bond donors (Lipinski definition) is 2. The third-order valence-electron chi connectivity index (χ3n) is 4.20. The zero-order chi connectivity index (χ0) is 19.4. The molecule has 26 heavy (non-hydrogen) atoms. The summed E-state index contributed by atoms with van der Waals surface area (Å²) in [5, 5.41) is 0. The highest BCUT2D eigenvalue weighted by Gasteiger charge is 2.29. The molecule has 0 aromatic heterocycles. The summed E-state index contributed by atoms with van der Waals surface area (Å²) >= 11 is 0. The molecule has 2 rings (SSSR count). The lowest BCUT2D eigenvalue weighted by Gasteiger charge is -2.22. The fourth-order valence-corrected chi connectivity index (χ4v) is 4.74. The van der Waals surface area contributed by atoms with Crippen molar-refractivity contribution in [1.82, 2.24) is 10.9 Å². The van der Waals surface area contributed by atoms with Crippen LogP contribution in [0.5, 0.6) is 5.75 Å². The molecule has 1 aromatic carbocycles. The second-order valence-corrected chi connectivity index (χ2v) is 9.83. The first-order chi connectivity index (χ1) is 12.1. The van der Waals surface area contributed by atoms with E-state index < -0.39 is 21.7 Å². The first kappa shape index (κ1) is 20.2. The van der Waals surface area contributed by atoms with Gasteiger partial charge in [-0.15, -0.1) is 0 Å². The SMILES string of the molecule is CC(C)(C)c1ccccc1OCC(=O)NNC(=O)CC1CCS(=O)(=O)C1. The molecule has 0 spiro atoms. The molecule has 144 valence electrons. The van der Waals surface area contributed by atoms with Crippen LogP contribution in [0.25, 0.3) is 0 Å². The number of rotatable bonds is 5. The van der Waals surface area contributed by atoms with Crippen LogP contribution in [0.1, 0.15) is 39.2 Å². The van der Waals surface area contributed by atoms with Gasteiger partial charge in [-0.2, -0.15) is 0 Å². The lowest BCUT2D eigenvalue weighted by molar-refractivity contribution is -0.130. The molecule has 2 N–H and O–H groups in total. The van der Waals surface area contributed by atoms with Gasteiger partial charge >= 0.3 is 0 Å². The maximum absolute atomic E-state index is 11.9. The van der Waals surface area contributed by atoms with Crippen molar-refractivity contribution < 1.29 is 22.7 Å². The number of amides is 2. The maximum Gasteiger partial charge on any atom is 0.276 e. The van der Waals surface area contributed by atoms with Crippen molar-refractivity contribution in [2.45, 2.75) is 39.0 Å². The largest absolute Gasteiger partial charge is 0.483 e. The van der Waals surface area contributed by atoms with Crippen LogP contribution in [0.3, 0.4) is 0 Å². The number of carbonyl (C=O) groups excluding carboxylic acids is 2. The van der Waals surface area contributed by atoms with Gasteiger partial charge in [0.2, 0.25) is 5.91 Å². The van der Waals surface area contributed by atoms with Crippen molar-refractivity contribution in [3.63, 3.8) is 0 Å². The van der Waals surface area contributed by atoms with Crippen LogP contribution < -0.4 is 15.6 Å². The van der Waals surface area contributed by atoms with E-state index in [2.05, 4.69) is 31.6 Å². The van der Waals surface area contributed by atoms with E-state index in [0.29, 0.717) is 12.2 Å². The highest BCUT2D eigenvalue weighted by atomic mass is 32.2. The van der Waals surface area contributed by atoms with E-state index in [1.54, 1.807) is 6.07 Å². The van der Waals surface area contributed by atoms with Gasteiger partial charge in [0.05, 0.1) is 11.5 Å². The van der Waals surface area contributed by atoms with Gasteiger partial charge < -0.3 is 4.74 Å². The minimum absolute atomic E-state index is 0.0288. The summed E-state index contributed by atoms with van der Waals surface area (Å²) in [4.78, 5) is 23.7. The number of benzene rings is 1. The minimum Gasteiger partial charge on any atom is -0.483 e. The third kappa shape index (κ3) is 6.01. The zero-order valence-corrected chi connectivity index (χ0v) is 16.2. The lowest BCUT2D eigenvalue weighted by Crippen LogP contribution is -2.44. The second-order valence-electron chi connectivity index (χ2n) is 7.60. The number of hydrogen-bond acceptors (Lipinski definition) is 5. The number of carbonyl (C=O) groups is 2. The lowest BCUT2D eigenvalue weighted by atomic mass is 9.86. The monoisotopic (exact) mass is 382 g/mol. The summed E-state index contributed by atoms with van der Waals surface area (Å²) in [6.07, 6.45) is 0.559. The number of nitrogens with one attached hydrogen (secondary N) is 2. The van der Waals surface area contributed by atoms with Crippen molar-refractivity contribution in [3.05, 3.63) is 29.8 Å². The molecule has 1 heterocycles. The van der Waals surface area contributed by atoms with Crippen LogP contribution in [0.15, 0.2) is 24.3 Å². The summed E-state index contributed by atoms with van der Waals surface area (Å²) in [5.41, 5.74) is 5.46. The molecule has 2 amide bonds. The Morgan fingerprint density at radius 1 is 1.15 bits per heavy atom. The van der Waals surface area contributed by atoms with Crippen molar-refractivity contribution >= 4 is 21.7 Å². The number of hydrazine groups is 1. The molecule has 0 aliphatic carbocycles. The maximum atomic E-state index is 11.9. The molecule has 0 bridgehead atoms. The van der Waals surface area contributed by atoms with Gasteiger partial charge in [0.1, 0.15) is 5.75 Å². The fourth-order valence-electron chi connectivity index (χ4n) is 2.88. The predicted molar refractivity (Wildman–Crippen MR) is 98.3 cm³/mol. The first-order valence-electron chi connectivity index (χ1n) is 8.57. The van der Waals surface area contributed by atoms with Gasteiger partial charge in [-0.3, -0.25) is 20.4 Å². The molecule has 1 saturated heterocycles. The van der Waals surface area contributed by atoms with E-state index in [9.17, 15) is 18.0 Å². The Kier molecular flexibility index (Phi) is 6.28. The number of sulfone groups is 1. The van der Waals surface area contributed by atoms with Crippen molar-refractivity contribution in [3.8, 4) is 5.75 Å². The van der Waals surface area contributed by atoms with E-state index in [1.165, 1.54) is 0 Å². The number of ether oxygens (including phenoxy) is 1. The van der Waals surface area contributed by atoms with Crippen molar-refractivity contribution in [2.75, 3.05) is 18.1 Å². The average Bonchev–Trinajstić information content (AvgIpc) is 2.89. The molecule has 7 nitrogen and oxygen atoms in total. The molecule has 1 aliphatic heterocycles. The molecule has 1 aromatic rings. The molecular formula is C18H26N2O5S. The van der Waals surface area contributed by atoms with Crippen LogP contribution in [0.4, 0.5) is 0 Å². The van der Waals surface area contributed by atoms with E-state index >= 15 is 0 Å². The molecule has 8 heteroatoms. The molecule has 1 atom stereocenters. The summed E-state index contributed by atoms with van der Waals surface area (Å²) < 4.78 is 28.4. The van der Waals surface area contributed by atoms with Gasteiger partial charge in [0, 0.05) is 6.42 Å². The van der Waals surface area contributed by atoms with Crippen LogP contribution in [0, 0.1) is 5.92 Å². The molecule has 1 aliphatic rings. The Balaban J connectivity index is 1.77. The first-order valence-corrected chi connectivity index (χ1v) is 10.4. The van der Waals surface area contributed by atoms with Gasteiger partial charge in [0.25, 0.3) is 5.91 Å². The smallest absolute Gasteiger partial charge is 0.276 e. The highest BCUT2D eigenvalue weighted by molar-refractivity contribution is 7.91. The van der Waals surface area contributed by atoms with Crippen molar-refractivity contribution in [2.24, 2.45) is 5.92 Å². The molecule has 0 radical (unpaired) electrons. The van der Waals surface area contributed by atoms with E-state index in [4.69, 9.17) is 4.74 Å². The normalized spacial score (nSPS) is 19.0. The summed E-state index contributed by atoms with van der Waals surface area (Å²) in [6.45, 7) is 5.93. The Morgan fingerprint density at radius 2 is 1.81 bits per heavy atom. The van der Waals surface area contributed by atoms with Crippen LogP contribution >= 0.6 is 0 Å². The number of para-hydroxylation sites is 1. The van der Waals surface area contributed by atoms with Crippen LogP contribution in [-0.4, -0.2) is 38.3 Å². The fraction of sp³-hybridized carbons (Fsp3) is 0.556. The van der Waals surface area contributed by atoms with Crippen molar-refractivity contribution in [1.29, 1.82) is 0 Å². The summed E-state index contributed by atoms with van der Waals surface area (Å²) in [6, 6.07) is 7.49. The topological polar surface area (TPSA) is 102 Å². The molecule has 0 saturated carbocycles. The highest BCUT2D eigenvalue weighted by Crippen LogP contribution is 2.30. The Bertz CT molecular complexity index is 768. The Hall–Kier alpha value is -2.09. The molecule has 1 unspecified atom stereocenters. The van der Waals surface area contributed by atoms with E-state index in [-0.39, 0.29) is 35.9 Å². The van der Waals surface area contributed by atoms with Gasteiger partial charge in [-0.1, -0.05) is 39.0 Å².